The number of aryl methyl sites for hydroxylation is 2. The summed E-state index contributed by atoms with van der Waals surface area (Å²) >= 11 is 5.83. The number of benzene rings is 2. The molecule has 0 aliphatic carbocycles. The van der Waals surface area contributed by atoms with E-state index in [0.717, 1.165) is 28.2 Å². The fourth-order valence-electron chi connectivity index (χ4n) is 1.80. The number of halogens is 1. The highest BCUT2D eigenvalue weighted by Crippen LogP contribution is 2.28. The number of nitrogens with zero attached hydrogens (tertiary/aromatic N) is 2. The van der Waals surface area contributed by atoms with Crippen LogP contribution in [0.2, 0.25) is 5.02 Å². The van der Waals surface area contributed by atoms with Crippen molar-refractivity contribution >= 4 is 28.7 Å². The Bertz CT molecular complexity index is 604. The van der Waals surface area contributed by atoms with Crippen molar-refractivity contribution < 1.29 is 0 Å². The Labute approximate surface area is 118 Å². The van der Waals surface area contributed by atoms with Crippen LogP contribution in [0.1, 0.15) is 11.1 Å². The van der Waals surface area contributed by atoms with E-state index in [4.69, 9.17) is 11.6 Å². The van der Waals surface area contributed by atoms with Crippen LogP contribution in [0.4, 0.5) is 17.1 Å². The van der Waals surface area contributed by atoms with Gasteiger partial charge in [0.1, 0.15) is 0 Å². The van der Waals surface area contributed by atoms with Gasteiger partial charge in [0.15, 0.2) is 0 Å². The van der Waals surface area contributed by atoms with Gasteiger partial charge in [-0.25, -0.2) is 0 Å². The second kappa shape index (κ2) is 5.85. The lowest BCUT2D eigenvalue weighted by atomic mass is 10.1. The van der Waals surface area contributed by atoms with Crippen LogP contribution in [0.15, 0.2) is 46.6 Å². The largest absolute Gasteiger partial charge is 0.388 e. The van der Waals surface area contributed by atoms with Crippen molar-refractivity contribution in [2.75, 3.05) is 12.4 Å². The average molecular weight is 274 g/mol. The number of nitrogens with one attached hydrogen (secondary N) is 1. The number of hydrogen-bond donors (Lipinski definition) is 1. The lowest BCUT2D eigenvalue weighted by molar-refractivity contribution is 1.20. The standard InChI is InChI=1S/C15H16ClN3/c1-10-9-15(11(2)8-14(10)17-3)19-18-13-6-4-12(16)5-7-13/h4-9,17H,1-3H3. The Morgan fingerprint density at radius 1 is 0.947 bits per heavy atom. The van der Waals surface area contributed by atoms with E-state index in [-0.39, 0.29) is 0 Å². The number of anilines is 1. The van der Waals surface area contributed by atoms with Crippen molar-refractivity contribution in [3.05, 3.63) is 52.5 Å². The Morgan fingerprint density at radius 3 is 2.26 bits per heavy atom. The first-order chi connectivity index (χ1) is 9.10. The third kappa shape index (κ3) is 3.32. The van der Waals surface area contributed by atoms with Gasteiger partial charge < -0.3 is 5.32 Å². The molecule has 1 N–H and O–H groups in total. The van der Waals surface area contributed by atoms with Gasteiger partial charge in [0.05, 0.1) is 11.4 Å². The van der Waals surface area contributed by atoms with E-state index in [2.05, 4.69) is 21.6 Å². The fourth-order valence-corrected chi connectivity index (χ4v) is 1.92. The lowest BCUT2D eigenvalue weighted by Crippen LogP contribution is -1.92. The molecule has 0 saturated carbocycles. The van der Waals surface area contributed by atoms with Crippen LogP contribution < -0.4 is 5.32 Å². The zero-order chi connectivity index (χ0) is 13.8. The topological polar surface area (TPSA) is 36.8 Å². The summed E-state index contributed by atoms with van der Waals surface area (Å²) in [7, 11) is 1.91. The Hall–Kier alpha value is -1.87. The van der Waals surface area contributed by atoms with E-state index in [1.54, 1.807) is 12.1 Å². The highest BCUT2D eigenvalue weighted by atomic mass is 35.5. The molecule has 0 heterocycles. The first kappa shape index (κ1) is 13.6. The van der Waals surface area contributed by atoms with Gasteiger partial charge in [0.2, 0.25) is 0 Å². The molecule has 98 valence electrons. The summed E-state index contributed by atoms with van der Waals surface area (Å²) in [5, 5.41) is 12.4. The second-order valence-electron chi connectivity index (χ2n) is 4.38. The summed E-state index contributed by atoms with van der Waals surface area (Å²) in [6.45, 7) is 4.07. The summed E-state index contributed by atoms with van der Waals surface area (Å²) in [6.07, 6.45) is 0. The maximum atomic E-state index is 5.83. The minimum atomic E-state index is 0.698. The zero-order valence-electron chi connectivity index (χ0n) is 11.2. The van der Waals surface area contributed by atoms with Gasteiger partial charge in [-0.15, -0.1) is 0 Å². The number of azo groups is 1. The molecule has 0 atom stereocenters. The average Bonchev–Trinajstić information content (AvgIpc) is 2.41. The molecule has 0 fully saturated rings. The Kier molecular flexibility index (Phi) is 4.17. The summed E-state index contributed by atoms with van der Waals surface area (Å²) in [4.78, 5) is 0. The van der Waals surface area contributed by atoms with E-state index in [1.165, 1.54) is 0 Å². The summed E-state index contributed by atoms with van der Waals surface area (Å²) in [5.74, 6) is 0. The zero-order valence-corrected chi connectivity index (χ0v) is 12.0. The molecule has 4 heteroatoms. The van der Waals surface area contributed by atoms with Gasteiger partial charge in [-0.2, -0.15) is 10.2 Å². The first-order valence-corrected chi connectivity index (χ1v) is 6.44. The minimum Gasteiger partial charge on any atom is -0.388 e. The van der Waals surface area contributed by atoms with Gasteiger partial charge >= 0.3 is 0 Å². The number of hydrogen-bond acceptors (Lipinski definition) is 3. The van der Waals surface area contributed by atoms with Crippen LogP contribution >= 0.6 is 11.6 Å². The van der Waals surface area contributed by atoms with E-state index in [9.17, 15) is 0 Å². The quantitative estimate of drug-likeness (QED) is 0.746. The van der Waals surface area contributed by atoms with Crippen molar-refractivity contribution in [2.45, 2.75) is 13.8 Å². The molecule has 2 rings (SSSR count). The van der Waals surface area contributed by atoms with Gasteiger partial charge in [0.25, 0.3) is 0 Å². The minimum absolute atomic E-state index is 0.698. The highest BCUT2D eigenvalue weighted by molar-refractivity contribution is 6.30. The molecular formula is C15H16ClN3. The van der Waals surface area contributed by atoms with Crippen molar-refractivity contribution in [3.8, 4) is 0 Å². The smallest absolute Gasteiger partial charge is 0.0890 e. The third-order valence-electron chi connectivity index (χ3n) is 2.91. The molecule has 3 nitrogen and oxygen atoms in total. The van der Waals surface area contributed by atoms with Crippen LogP contribution in [0.25, 0.3) is 0 Å². The molecule has 19 heavy (non-hydrogen) atoms. The molecule has 2 aromatic carbocycles. The molecule has 0 bridgehead atoms. The molecular weight excluding hydrogens is 258 g/mol. The predicted molar refractivity (Wildman–Crippen MR) is 81.1 cm³/mol. The van der Waals surface area contributed by atoms with Gasteiger partial charge in [-0.3, -0.25) is 0 Å². The first-order valence-electron chi connectivity index (χ1n) is 6.06. The van der Waals surface area contributed by atoms with E-state index >= 15 is 0 Å². The molecule has 0 aliphatic rings. The van der Waals surface area contributed by atoms with Crippen molar-refractivity contribution in [2.24, 2.45) is 10.2 Å². The molecule has 0 aliphatic heterocycles. The Morgan fingerprint density at radius 2 is 1.63 bits per heavy atom. The Balaban J connectivity index is 2.28. The third-order valence-corrected chi connectivity index (χ3v) is 3.16. The molecule has 0 radical (unpaired) electrons. The van der Waals surface area contributed by atoms with Crippen LogP contribution in [0.3, 0.4) is 0 Å². The molecule has 0 aromatic heterocycles. The van der Waals surface area contributed by atoms with Crippen molar-refractivity contribution in [3.63, 3.8) is 0 Å². The van der Waals surface area contributed by atoms with Crippen LogP contribution in [-0.2, 0) is 0 Å². The van der Waals surface area contributed by atoms with E-state index in [0.29, 0.717) is 5.02 Å². The van der Waals surface area contributed by atoms with E-state index in [1.807, 2.05) is 39.1 Å². The predicted octanol–water partition coefficient (Wildman–Crippen LogP) is 5.41. The normalized spacial score (nSPS) is 10.9. The lowest BCUT2D eigenvalue weighted by Gasteiger charge is -2.08. The van der Waals surface area contributed by atoms with Gasteiger partial charge in [0, 0.05) is 17.8 Å². The van der Waals surface area contributed by atoms with E-state index < -0.39 is 0 Å². The summed E-state index contributed by atoms with van der Waals surface area (Å²) in [6, 6.07) is 11.4. The van der Waals surface area contributed by atoms with Crippen LogP contribution in [0, 0.1) is 13.8 Å². The molecule has 2 aromatic rings. The molecule has 0 saturated heterocycles. The summed E-state index contributed by atoms with van der Waals surface area (Å²) in [5.41, 5.74) is 5.03. The maximum absolute atomic E-state index is 5.83. The van der Waals surface area contributed by atoms with Crippen molar-refractivity contribution in [1.29, 1.82) is 0 Å². The second-order valence-corrected chi connectivity index (χ2v) is 4.82. The monoisotopic (exact) mass is 273 g/mol. The van der Waals surface area contributed by atoms with Gasteiger partial charge in [-0.1, -0.05) is 11.6 Å². The van der Waals surface area contributed by atoms with Gasteiger partial charge in [-0.05, 0) is 61.4 Å². The van der Waals surface area contributed by atoms with Crippen molar-refractivity contribution in [1.82, 2.24) is 0 Å². The SMILES string of the molecule is CNc1cc(C)c(N=Nc2ccc(Cl)cc2)cc1C. The summed E-state index contributed by atoms with van der Waals surface area (Å²) < 4.78 is 0. The number of rotatable bonds is 3. The fraction of sp³-hybridized carbons (Fsp3) is 0.200. The molecule has 0 unspecified atom stereocenters. The van der Waals surface area contributed by atoms with Crippen LogP contribution in [0.5, 0.6) is 0 Å². The molecule has 0 spiro atoms. The molecule has 0 amide bonds. The maximum Gasteiger partial charge on any atom is 0.0890 e. The highest BCUT2D eigenvalue weighted by Gasteiger charge is 2.02. The van der Waals surface area contributed by atoms with Crippen LogP contribution in [-0.4, -0.2) is 7.05 Å².